The van der Waals surface area contributed by atoms with E-state index in [4.69, 9.17) is 4.74 Å². The Kier molecular flexibility index (Phi) is 5.72. The highest BCUT2D eigenvalue weighted by Gasteiger charge is 2.70. The van der Waals surface area contributed by atoms with E-state index in [-0.39, 0.29) is 17.5 Å². The number of hydrogen-bond donors (Lipinski definition) is 0. The molecule has 0 heterocycles. The molecule has 10 atom stereocenters. The molecule has 0 aromatic rings. The Hall–Kier alpha value is -0.530. The molecule has 5 aliphatic rings. The van der Waals surface area contributed by atoms with Crippen LogP contribution in [0.15, 0.2) is 0 Å². The van der Waals surface area contributed by atoms with Gasteiger partial charge in [-0.05, 0) is 121 Å². The molecule has 0 spiro atoms. The predicted octanol–water partition coefficient (Wildman–Crippen LogP) is 8.68. The molecule has 0 aromatic carbocycles. The number of rotatable bonds is 2. The summed E-state index contributed by atoms with van der Waals surface area (Å²) in [6.45, 7) is 22.3. The van der Waals surface area contributed by atoms with Gasteiger partial charge in [0.2, 0.25) is 0 Å². The Morgan fingerprint density at radius 2 is 1.47 bits per heavy atom. The van der Waals surface area contributed by atoms with Crippen molar-refractivity contribution < 1.29 is 9.53 Å². The van der Waals surface area contributed by atoms with Crippen LogP contribution in [0.4, 0.5) is 0 Å². The Bertz CT molecular complexity index is 829. The minimum absolute atomic E-state index is 0.0665. The van der Waals surface area contributed by atoms with Gasteiger partial charge in [-0.15, -0.1) is 0 Å². The lowest BCUT2D eigenvalue weighted by molar-refractivity contribution is -0.250. The van der Waals surface area contributed by atoms with Crippen LogP contribution in [0, 0.1) is 62.6 Å². The summed E-state index contributed by atoms with van der Waals surface area (Å²) in [5.74, 6) is 4.96. The van der Waals surface area contributed by atoms with Gasteiger partial charge < -0.3 is 4.74 Å². The maximum absolute atomic E-state index is 11.9. The van der Waals surface area contributed by atoms with E-state index < -0.39 is 0 Å². The van der Waals surface area contributed by atoms with E-state index in [0.717, 1.165) is 36.0 Å². The van der Waals surface area contributed by atoms with Crippen LogP contribution in [-0.2, 0) is 9.53 Å². The summed E-state index contributed by atoms with van der Waals surface area (Å²) in [5.41, 5.74) is 1.94. The van der Waals surface area contributed by atoms with Gasteiger partial charge in [0, 0.05) is 12.3 Å². The molecule has 0 radical (unpaired) electrons. The smallest absolute Gasteiger partial charge is 0.302 e. The predicted molar refractivity (Wildman–Crippen MR) is 140 cm³/mol. The van der Waals surface area contributed by atoms with Crippen molar-refractivity contribution in [2.24, 2.45) is 62.6 Å². The fourth-order valence-corrected chi connectivity index (χ4v) is 12.1. The first-order valence-electron chi connectivity index (χ1n) is 14.9. The molecule has 0 saturated heterocycles. The van der Waals surface area contributed by atoms with Gasteiger partial charge in [0.25, 0.3) is 0 Å². The van der Waals surface area contributed by atoms with E-state index in [1.54, 1.807) is 6.92 Å². The summed E-state index contributed by atoms with van der Waals surface area (Å²) in [5, 5.41) is 0. The highest BCUT2D eigenvalue weighted by Crippen LogP contribution is 2.77. The zero-order valence-corrected chi connectivity index (χ0v) is 23.9. The van der Waals surface area contributed by atoms with E-state index in [2.05, 4.69) is 55.4 Å². The van der Waals surface area contributed by atoms with Crippen molar-refractivity contribution in [1.82, 2.24) is 0 Å². The van der Waals surface area contributed by atoms with Gasteiger partial charge in [0.1, 0.15) is 6.10 Å². The maximum atomic E-state index is 11.9. The number of ether oxygens (including phenoxy) is 1. The van der Waals surface area contributed by atoms with Crippen LogP contribution in [0.3, 0.4) is 0 Å². The highest BCUT2D eigenvalue weighted by atomic mass is 16.5. The quantitative estimate of drug-likeness (QED) is 0.377. The minimum atomic E-state index is -0.100. The lowest BCUT2D eigenvalue weighted by atomic mass is 9.32. The number of fused-ring (bicyclic) bond motifs is 7. The first-order chi connectivity index (χ1) is 15.7. The lowest BCUT2D eigenvalue weighted by Crippen LogP contribution is -2.66. The molecular formula is C32H54O2. The SMILES string of the molecule is CC(=O)O[C@@H]1CCC2(C)C3CCC4[C@H]5[C@H](C(C)C)CCC5(C)CC[C@@]4(C)C3(C)CC[C@H]2C1(C)C. The molecule has 0 N–H and O–H groups in total. The van der Waals surface area contributed by atoms with Gasteiger partial charge >= 0.3 is 5.97 Å². The Labute approximate surface area is 210 Å². The van der Waals surface area contributed by atoms with Crippen molar-refractivity contribution >= 4 is 5.97 Å². The number of esters is 1. The summed E-state index contributed by atoms with van der Waals surface area (Å²) >= 11 is 0. The van der Waals surface area contributed by atoms with Crippen molar-refractivity contribution in [3.8, 4) is 0 Å². The normalized spacial score (nSPS) is 53.9. The van der Waals surface area contributed by atoms with Crippen LogP contribution >= 0.6 is 0 Å². The molecule has 0 amide bonds. The Morgan fingerprint density at radius 3 is 2.12 bits per heavy atom. The number of hydrogen-bond acceptors (Lipinski definition) is 2. The average molecular weight is 471 g/mol. The topological polar surface area (TPSA) is 26.3 Å². The Morgan fingerprint density at radius 1 is 0.765 bits per heavy atom. The summed E-state index contributed by atoms with van der Waals surface area (Å²) in [7, 11) is 0. The third-order valence-electron chi connectivity index (χ3n) is 14.0. The molecule has 194 valence electrons. The molecule has 0 bridgehead atoms. The zero-order chi connectivity index (χ0) is 24.9. The van der Waals surface area contributed by atoms with Gasteiger partial charge in [0.15, 0.2) is 0 Å². The first-order valence-corrected chi connectivity index (χ1v) is 14.9. The second kappa shape index (κ2) is 7.74. The first kappa shape index (κ1) is 25.1. The van der Waals surface area contributed by atoms with Crippen molar-refractivity contribution in [1.29, 1.82) is 0 Å². The summed E-state index contributed by atoms with van der Waals surface area (Å²) in [6, 6.07) is 0. The van der Waals surface area contributed by atoms with Crippen LogP contribution in [0.2, 0.25) is 0 Å². The van der Waals surface area contributed by atoms with Crippen LogP contribution in [-0.4, -0.2) is 12.1 Å². The van der Waals surface area contributed by atoms with Gasteiger partial charge in [-0.2, -0.15) is 0 Å². The zero-order valence-electron chi connectivity index (χ0n) is 23.9. The van der Waals surface area contributed by atoms with Crippen LogP contribution in [0.5, 0.6) is 0 Å². The maximum Gasteiger partial charge on any atom is 0.302 e. The largest absolute Gasteiger partial charge is 0.462 e. The third-order valence-corrected chi connectivity index (χ3v) is 14.0. The van der Waals surface area contributed by atoms with E-state index >= 15 is 0 Å². The van der Waals surface area contributed by atoms with E-state index in [0.29, 0.717) is 27.6 Å². The highest BCUT2D eigenvalue weighted by molar-refractivity contribution is 5.66. The van der Waals surface area contributed by atoms with Crippen LogP contribution in [0.1, 0.15) is 127 Å². The van der Waals surface area contributed by atoms with Gasteiger partial charge in [-0.25, -0.2) is 0 Å². The lowest BCUT2D eigenvalue weighted by Gasteiger charge is -2.73. The molecule has 2 nitrogen and oxygen atoms in total. The van der Waals surface area contributed by atoms with Crippen molar-refractivity contribution in [3.63, 3.8) is 0 Å². The summed E-state index contributed by atoms with van der Waals surface area (Å²) < 4.78 is 5.92. The second-order valence-electron chi connectivity index (χ2n) is 15.8. The molecule has 5 rings (SSSR count). The van der Waals surface area contributed by atoms with Gasteiger partial charge in [-0.3, -0.25) is 4.79 Å². The van der Waals surface area contributed by atoms with E-state index in [9.17, 15) is 4.79 Å². The van der Waals surface area contributed by atoms with Crippen molar-refractivity contribution in [2.45, 2.75) is 133 Å². The number of carbonyl (C=O) groups excluding carboxylic acids is 1. The van der Waals surface area contributed by atoms with Gasteiger partial charge in [0.05, 0.1) is 0 Å². The molecule has 5 aliphatic carbocycles. The number of carbonyl (C=O) groups is 1. The molecule has 0 aliphatic heterocycles. The van der Waals surface area contributed by atoms with Crippen molar-refractivity contribution in [2.75, 3.05) is 0 Å². The van der Waals surface area contributed by atoms with Gasteiger partial charge in [-0.1, -0.05) is 55.4 Å². The minimum Gasteiger partial charge on any atom is -0.462 e. The van der Waals surface area contributed by atoms with E-state index in [1.165, 1.54) is 57.8 Å². The Balaban J connectivity index is 1.49. The molecular weight excluding hydrogens is 416 g/mol. The standard InChI is InChI=1S/C32H54O2/c1-20(2)22-12-15-29(6)18-19-31(8)23(27(22)29)10-11-25-30(7)16-14-26(34-21(3)33)28(4,5)24(30)13-17-32(25,31)9/h20,22-27H,10-19H2,1-9H3/t22-,23?,24-,25?,26+,27+,29?,30?,31+,32?/m0/s1. The third kappa shape index (κ3) is 3.14. The summed E-state index contributed by atoms with van der Waals surface area (Å²) in [4.78, 5) is 11.9. The molecule has 5 saturated carbocycles. The fraction of sp³-hybridized carbons (Fsp3) is 0.969. The monoisotopic (exact) mass is 470 g/mol. The van der Waals surface area contributed by atoms with E-state index in [1.807, 2.05) is 0 Å². The molecule has 2 heteroatoms. The van der Waals surface area contributed by atoms with Crippen molar-refractivity contribution in [3.05, 3.63) is 0 Å². The molecule has 5 unspecified atom stereocenters. The summed E-state index contributed by atoms with van der Waals surface area (Å²) in [6.07, 6.45) is 13.8. The fourth-order valence-electron chi connectivity index (χ4n) is 12.1. The molecule has 0 aromatic heterocycles. The van der Waals surface area contributed by atoms with Crippen LogP contribution < -0.4 is 0 Å². The second-order valence-corrected chi connectivity index (χ2v) is 15.8. The average Bonchev–Trinajstić information content (AvgIpc) is 3.08. The molecule has 5 fully saturated rings. The molecule has 34 heavy (non-hydrogen) atoms. The van der Waals surface area contributed by atoms with Crippen LogP contribution in [0.25, 0.3) is 0 Å².